The van der Waals surface area contributed by atoms with Crippen molar-refractivity contribution in [2.45, 2.75) is 13.3 Å². The summed E-state index contributed by atoms with van der Waals surface area (Å²) < 4.78 is 16.6. The molecule has 0 bridgehead atoms. The van der Waals surface area contributed by atoms with E-state index in [1.54, 1.807) is 21.5 Å². The molecule has 0 aromatic carbocycles. The average molecular weight is 536 g/mol. The van der Waals surface area contributed by atoms with Crippen LogP contribution in [0.5, 0.6) is 0 Å². The Kier molecular flexibility index (Phi) is 6.43. The number of piperazine rings is 1. The second-order valence-corrected chi connectivity index (χ2v) is 9.83. The summed E-state index contributed by atoms with van der Waals surface area (Å²) in [4.78, 5) is 25.4. The van der Waals surface area contributed by atoms with E-state index in [0.29, 0.717) is 43.1 Å². The summed E-state index contributed by atoms with van der Waals surface area (Å²) in [5.74, 6) is 0.379. The van der Waals surface area contributed by atoms with Gasteiger partial charge in [-0.05, 0) is 37.3 Å². The van der Waals surface area contributed by atoms with Gasteiger partial charge in [0, 0.05) is 79.8 Å². The third-order valence-electron chi connectivity index (χ3n) is 7.19. The lowest BCUT2D eigenvalue weighted by Gasteiger charge is -2.35. The number of pyridine rings is 3. The molecule has 0 saturated carbocycles. The van der Waals surface area contributed by atoms with Crippen molar-refractivity contribution >= 4 is 17.2 Å². The van der Waals surface area contributed by atoms with E-state index in [0.717, 1.165) is 39.8 Å². The second kappa shape index (κ2) is 10.2. The van der Waals surface area contributed by atoms with E-state index in [1.165, 1.54) is 6.07 Å². The van der Waals surface area contributed by atoms with Crippen molar-refractivity contribution in [3.05, 3.63) is 84.1 Å². The van der Waals surface area contributed by atoms with Gasteiger partial charge in [-0.25, -0.2) is 13.9 Å². The molecule has 6 rings (SSSR count). The SMILES string of the molecule is Cc1nn2cc(-c3cnn(C)c3)cc(-c3ccc(N4CCN(C(=O)Cc5ccc(F)cn5)CC4)nc3)c2c1C#N. The summed E-state index contributed by atoms with van der Waals surface area (Å²) in [6.45, 7) is 4.27. The highest BCUT2D eigenvalue weighted by Crippen LogP contribution is 2.33. The number of fused-ring (bicyclic) bond motifs is 1. The first kappa shape index (κ1) is 25.2. The zero-order valence-corrected chi connectivity index (χ0v) is 22.1. The molecule has 5 aromatic heterocycles. The maximum atomic E-state index is 13.1. The number of nitrogens with zero attached hydrogens (tertiary/aromatic N) is 9. The Morgan fingerprint density at radius 2 is 1.82 bits per heavy atom. The molecule has 5 aromatic rings. The highest BCUT2D eigenvalue weighted by Gasteiger charge is 2.23. The van der Waals surface area contributed by atoms with Crippen molar-refractivity contribution in [1.29, 1.82) is 5.26 Å². The number of amides is 1. The minimum absolute atomic E-state index is 0.0241. The van der Waals surface area contributed by atoms with Gasteiger partial charge in [0.05, 0.1) is 30.0 Å². The summed E-state index contributed by atoms with van der Waals surface area (Å²) in [5.41, 5.74) is 6.12. The normalized spacial score (nSPS) is 13.6. The van der Waals surface area contributed by atoms with Crippen LogP contribution in [-0.2, 0) is 18.3 Å². The van der Waals surface area contributed by atoms with E-state index in [-0.39, 0.29) is 12.3 Å². The van der Waals surface area contributed by atoms with Gasteiger partial charge in [-0.3, -0.25) is 14.5 Å². The molecule has 10 nitrogen and oxygen atoms in total. The molecule has 0 spiro atoms. The molecular formula is C29H26FN9O. The summed E-state index contributed by atoms with van der Waals surface area (Å²) in [5, 5.41) is 18.7. The molecule has 1 aliphatic heterocycles. The van der Waals surface area contributed by atoms with Crippen molar-refractivity contribution in [2.75, 3.05) is 31.1 Å². The molecule has 1 saturated heterocycles. The predicted molar refractivity (Wildman–Crippen MR) is 147 cm³/mol. The number of rotatable bonds is 5. The standard InChI is InChI=1S/C29H26FN9O/c1-19-26(13-31)29-25(11-21(18-39(29)35-19)22-15-34-36(2)17-22)20-3-6-27(33-14-20)37-7-9-38(10-8-37)28(40)12-24-5-4-23(30)16-32-24/h3-6,11,14-18H,7-10,12H2,1-2H3. The van der Waals surface area contributed by atoms with Gasteiger partial charge in [-0.2, -0.15) is 15.5 Å². The van der Waals surface area contributed by atoms with Gasteiger partial charge in [-0.1, -0.05) is 0 Å². The van der Waals surface area contributed by atoms with Crippen molar-refractivity contribution in [1.82, 2.24) is 34.3 Å². The van der Waals surface area contributed by atoms with Crippen LogP contribution in [-0.4, -0.2) is 66.3 Å². The van der Waals surface area contributed by atoms with Crippen LogP contribution in [0.15, 0.2) is 61.3 Å². The summed E-state index contributed by atoms with van der Waals surface area (Å²) in [6, 6.07) is 11.2. The molecule has 1 fully saturated rings. The summed E-state index contributed by atoms with van der Waals surface area (Å²) in [6.07, 6.45) is 8.75. The molecule has 0 N–H and O–H groups in total. The quantitative estimate of drug-likeness (QED) is 0.339. The molecule has 40 heavy (non-hydrogen) atoms. The Morgan fingerprint density at radius 1 is 1.00 bits per heavy atom. The molecule has 200 valence electrons. The van der Waals surface area contributed by atoms with Gasteiger partial charge in [-0.15, -0.1) is 0 Å². The minimum atomic E-state index is -0.417. The maximum absolute atomic E-state index is 13.1. The van der Waals surface area contributed by atoms with E-state index in [1.807, 2.05) is 55.7 Å². The fraction of sp³-hybridized carbons (Fsp3) is 0.241. The van der Waals surface area contributed by atoms with E-state index < -0.39 is 5.82 Å². The summed E-state index contributed by atoms with van der Waals surface area (Å²) in [7, 11) is 1.87. The fourth-order valence-electron chi connectivity index (χ4n) is 5.07. The second-order valence-electron chi connectivity index (χ2n) is 9.83. The smallest absolute Gasteiger partial charge is 0.228 e. The van der Waals surface area contributed by atoms with E-state index >= 15 is 0 Å². The first-order valence-corrected chi connectivity index (χ1v) is 12.9. The van der Waals surface area contributed by atoms with Crippen LogP contribution < -0.4 is 4.90 Å². The van der Waals surface area contributed by atoms with E-state index in [9.17, 15) is 14.4 Å². The molecule has 0 aliphatic carbocycles. The minimum Gasteiger partial charge on any atom is -0.353 e. The first-order valence-electron chi connectivity index (χ1n) is 12.9. The van der Waals surface area contributed by atoms with Crippen LogP contribution in [0.3, 0.4) is 0 Å². The predicted octanol–water partition coefficient (Wildman–Crippen LogP) is 3.40. The monoisotopic (exact) mass is 535 g/mol. The molecule has 6 heterocycles. The molecule has 1 amide bonds. The molecular weight excluding hydrogens is 509 g/mol. The number of aromatic nitrogens is 6. The number of anilines is 1. The van der Waals surface area contributed by atoms with Crippen LogP contribution in [0.1, 0.15) is 17.0 Å². The number of aryl methyl sites for hydroxylation is 2. The molecule has 11 heteroatoms. The maximum Gasteiger partial charge on any atom is 0.228 e. The number of hydrogen-bond acceptors (Lipinski definition) is 7. The van der Waals surface area contributed by atoms with Crippen LogP contribution in [0.25, 0.3) is 27.8 Å². The highest BCUT2D eigenvalue weighted by molar-refractivity contribution is 5.88. The lowest BCUT2D eigenvalue weighted by Crippen LogP contribution is -2.49. The van der Waals surface area contributed by atoms with Crippen LogP contribution in [0.2, 0.25) is 0 Å². The number of carbonyl (C=O) groups excluding carboxylic acids is 1. The first-order chi connectivity index (χ1) is 19.4. The van der Waals surface area contributed by atoms with Crippen LogP contribution in [0.4, 0.5) is 10.2 Å². The van der Waals surface area contributed by atoms with Gasteiger partial charge in [0.25, 0.3) is 0 Å². The Labute approximate surface area is 229 Å². The van der Waals surface area contributed by atoms with Crippen LogP contribution >= 0.6 is 0 Å². The van der Waals surface area contributed by atoms with Crippen molar-refractivity contribution < 1.29 is 9.18 Å². The average Bonchev–Trinajstić information content (AvgIpc) is 3.55. The van der Waals surface area contributed by atoms with Crippen molar-refractivity contribution in [3.8, 4) is 28.3 Å². The van der Waals surface area contributed by atoms with E-state index in [4.69, 9.17) is 4.98 Å². The Bertz CT molecular complexity index is 1740. The van der Waals surface area contributed by atoms with Gasteiger partial charge >= 0.3 is 0 Å². The Balaban J connectivity index is 1.22. The third kappa shape index (κ3) is 4.75. The van der Waals surface area contributed by atoms with Gasteiger partial charge < -0.3 is 9.80 Å². The molecule has 1 aliphatic rings. The number of carbonyl (C=O) groups is 1. The molecule has 0 unspecified atom stereocenters. The largest absolute Gasteiger partial charge is 0.353 e. The van der Waals surface area contributed by atoms with Crippen LogP contribution in [0, 0.1) is 24.1 Å². The van der Waals surface area contributed by atoms with Crippen molar-refractivity contribution in [3.63, 3.8) is 0 Å². The fourth-order valence-corrected chi connectivity index (χ4v) is 5.07. The number of hydrogen-bond donors (Lipinski definition) is 0. The molecule has 0 atom stereocenters. The Hall–Kier alpha value is -5.11. The van der Waals surface area contributed by atoms with Gasteiger partial charge in [0.2, 0.25) is 5.91 Å². The van der Waals surface area contributed by atoms with Gasteiger partial charge in [0.15, 0.2) is 0 Å². The zero-order valence-electron chi connectivity index (χ0n) is 22.1. The number of halogens is 1. The topological polar surface area (TPSA) is 108 Å². The van der Waals surface area contributed by atoms with Crippen molar-refractivity contribution in [2.24, 2.45) is 7.05 Å². The molecule has 0 radical (unpaired) electrons. The summed E-state index contributed by atoms with van der Waals surface area (Å²) >= 11 is 0. The highest BCUT2D eigenvalue weighted by atomic mass is 19.1. The van der Waals surface area contributed by atoms with Gasteiger partial charge in [0.1, 0.15) is 23.3 Å². The lowest BCUT2D eigenvalue weighted by atomic mass is 10.0. The van der Waals surface area contributed by atoms with E-state index in [2.05, 4.69) is 26.2 Å². The zero-order chi connectivity index (χ0) is 27.8. The Morgan fingerprint density at radius 3 is 2.48 bits per heavy atom. The number of nitriles is 1. The third-order valence-corrected chi connectivity index (χ3v) is 7.19. The lowest BCUT2D eigenvalue weighted by molar-refractivity contribution is -0.130.